The summed E-state index contributed by atoms with van der Waals surface area (Å²) in [4.78, 5) is 20.0. The van der Waals surface area contributed by atoms with Crippen LogP contribution in [0, 0.1) is 0 Å². The maximum absolute atomic E-state index is 11.5. The smallest absolute Gasteiger partial charge is 0.250 e. The highest BCUT2D eigenvalue weighted by molar-refractivity contribution is 6.04. The number of benzene rings is 1. The summed E-state index contributed by atoms with van der Waals surface area (Å²) >= 11 is 0. The third-order valence-corrected chi connectivity index (χ3v) is 3.18. The first-order valence-electron chi connectivity index (χ1n) is 6.56. The summed E-state index contributed by atoms with van der Waals surface area (Å²) < 4.78 is 0. The molecule has 5 heteroatoms. The molecular formula is C16H14N4O. The fourth-order valence-electron chi connectivity index (χ4n) is 2.14. The van der Waals surface area contributed by atoms with Gasteiger partial charge in [0.25, 0.3) is 5.91 Å². The Morgan fingerprint density at radius 2 is 2.05 bits per heavy atom. The van der Waals surface area contributed by atoms with Crippen molar-refractivity contribution in [1.29, 1.82) is 0 Å². The summed E-state index contributed by atoms with van der Waals surface area (Å²) in [5.74, 6) is 0.220. The Bertz CT molecular complexity index is 787. The summed E-state index contributed by atoms with van der Waals surface area (Å²) in [6.07, 6.45) is 3.53. The third-order valence-electron chi connectivity index (χ3n) is 3.18. The number of primary amides is 1. The molecule has 3 aromatic rings. The number of anilines is 1. The number of nitrogens with one attached hydrogen (secondary N) is 1. The first-order chi connectivity index (χ1) is 10.2. The predicted octanol–water partition coefficient (Wildman–Crippen LogP) is 2.34. The molecule has 0 aliphatic rings. The Morgan fingerprint density at radius 1 is 1.14 bits per heavy atom. The Morgan fingerprint density at radius 3 is 2.81 bits per heavy atom. The van der Waals surface area contributed by atoms with Crippen molar-refractivity contribution >= 4 is 22.6 Å². The summed E-state index contributed by atoms with van der Waals surface area (Å²) in [6, 6.07) is 13.0. The fraction of sp³-hybridized carbons (Fsp3) is 0.0625. The predicted molar refractivity (Wildman–Crippen MR) is 81.8 cm³/mol. The SMILES string of the molecule is NC(=O)c1cccc2ccc(NCc3cccnc3)nc12. The highest BCUT2D eigenvalue weighted by atomic mass is 16.1. The number of rotatable bonds is 4. The molecule has 2 heterocycles. The maximum Gasteiger partial charge on any atom is 0.250 e. The van der Waals surface area contributed by atoms with Gasteiger partial charge in [-0.3, -0.25) is 9.78 Å². The van der Waals surface area contributed by atoms with Gasteiger partial charge in [0.15, 0.2) is 0 Å². The van der Waals surface area contributed by atoms with Crippen molar-refractivity contribution in [3.05, 3.63) is 66.0 Å². The Balaban J connectivity index is 1.90. The van der Waals surface area contributed by atoms with E-state index in [4.69, 9.17) is 5.73 Å². The van der Waals surface area contributed by atoms with Crippen LogP contribution in [0.3, 0.4) is 0 Å². The van der Waals surface area contributed by atoms with Crippen LogP contribution in [-0.4, -0.2) is 15.9 Å². The second kappa shape index (κ2) is 5.58. The zero-order valence-electron chi connectivity index (χ0n) is 11.3. The zero-order valence-corrected chi connectivity index (χ0v) is 11.3. The van der Waals surface area contributed by atoms with Gasteiger partial charge in [-0.25, -0.2) is 4.98 Å². The fourth-order valence-corrected chi connectivity index (χ4v) is 2.14. The van der Waals surface area contributed by atoms with E-state index in [0.29, 0.717) is 23.4 Å². The van der Waals surface area contributed by atoms with Crippen molar-refractivity contribution in [3.8, 4) is 0 Å². The number of para-hydroxylation sites is 1. The molecule has 0 radical (unpaired) electrons. The number of nitrogens with zero attached hydrogens (tertiary/aromatic N) is 2. The minimum atomic E-state index is -0.475. The van der Waals surface area contributed by atoms with Crippen LogP contribution >= 0.6 is 0 Å². The highest BCUT2D eigenvalue weighted by Crippen LogP contribution is 2.19. The van der Waals surface area contributed by atoms with Gasteiger partial charge in [-0.2, -0.15) is 0 Å². The van der Waals surface area contributed by atoms with Gasteiger partial charge in [0.05, 0.1) is 11.1 Å². The summed E-state index contributed by atoms with van der Waals surface area (Å²) in [5, 5.41) is 4.10. The second-order valence-electron chi connectivity index (χ2n) is 4.65. The summed E-state index contributed by atoms with van der Waals surface area (Å²) in [5.41, 5.74) is 7.49. The van der Waals surface area contributed by atoms with E-state index >= 15 is 0 Å². The topological polar surface area (TPSA) is 80.9 Å². The number of carbonyl (C=O) groups is 1. The van der Waals surface area contributed by atoms with E-state index in [9.17, 15) is 4.79 Å². The number of hydrogen-bond donors (Lipinski definition) is 2. The molecule has 0 saturated carbocycles. The van der Waals surface area contributed by atoms with Crippen molar-refractivity contribution in [2.45, 2.75) is 6.54 Å². The average Bonchev–Trinajstić information content (AvgIpc) is 2.53. The number of carbonyl (C=O) groups excluding carboxylic acids is 1. The van der Waals surface area contributed by atoms with Gasteiger partial charge in [-0.05, 0) is 29.8 Å². The molecule has 0 saturated heterocycles. The molecule has 3 rings (SSSR count). The molecule has 0 bridgehead atoms. The van der Waals surface area contributed by atoms with Gasteiger partial charge >= 0.3 is 0 Å². The van der Waals surface area contributed by atoms with Crippen molar-refractivity contribution in [3.63, 3.8) is 0 Å². The van der Waals surface area contributed by atoms with Gasteiger partial charge in [0, 0.05) is 24.3 Å². The minimum Gasteiger partial charge on any atom is -0.366 e. The molecule has 1 aromatic carbocycles. The van der Waals surface area contributed by atoms with Crippen molar-refractivity contribution in [1.82, 2.24) is 9.97 Å². The Labute approximate surface area is 121 Å². The van der Waals surface area contributed by atoms with Crippen LogP contribution in [-0.2, 0) is 6.54 Å². The quantitative estimate of drug-likeness (QED) is 0.767. The standard InChI is InChI=1S/C16H14N4O/c17-16(21)13-5-1-4-12-6-7-14(20-15(12)13)19-10-11-3-2-8-18-9-11/h1-9H,10H2,(H2,17,21)(H,19,20). The van der Waals surface area contributed by atoms with Crippen LogP contribution in [0.1, 0.15) is 15.9 Å². The van der Waals surface area contributed by atoms with Crippen LogP contribution in [0.2, 0.25) is 0 Å². The van der Waals surface area contributed by atoms with E-state index in [1.54, 1.807) is 24.5 Å². The van der Waals surface area contributed by atoms with Crippen LogP contribution in [0.15, 0.2) is 54.9 Å². The van der Waals surface area contributed by atoms with Crippen LogP contribution in [0.4, 0.5) is 5.82 Å². The number of amides is 1. The van der Waals surface area contributed by atoms with Crippen LogP contribution in [0.5, 0.6) is 0 Å². The molecule has 0 aliphatic carbocycles. The average molecular weight is 278 g/mol. The Hall–Kier alpha value is -2.95. The maximum atomic E-state index is 11.5. The molecule has 1 amide bonds. The van der Waals surface area contributed by atoms with E-state index in [1.807, 2.05) is 30.3 Å². The molecular weight excluding hydrogens is 264 g/mol. The van der Waals surface area contributed by atoms with Gasteiger partial charge in [-0.1, -0.05) is 18.2 Å². The van der Waals surface area contributed by atoms with E-state index < -0.39 is 5.91 Å². The number of hydrogen-bond acceptors (Lipinski definition) is 4. The molecule has 2 aromatic heterocycles. The van der Waals surface area contributed by atoms with Crippen LogP contribution in [0.25, 0.3) is 10.9 Å². The highest BCUT2D eigenvalue weighted by Gasteiger charge is 2.08. The minimum absolute atomic E-state index is 0.428. The molecule has 0 fully saturated rings. The normalized spacial score (nSPS) is 10.5. The van der Waals surface area contributed by atoms with Crippen LogP contribution < -0.4 is 11.1 Å². The van der Waals surface area contributed by atoms with Gasteiger partial charge in [-0.15, -0.1) is 0 Å². The lowest BCUT2D eigenvalue weighted by molar-refractivity contribution is 0.100. The molecule has 3 N–H and O–H groups in total. The van der Waals surface area contributed by atoms with E-state index in [2.05, 4.69) is 15.3 Å². The molecule has 104 valence electrons. The lowest BCUT2D eigenvalue weighted by Crippen LogP contribution is -2.12. The number of aromatic nitrogens is 2. The molecule has 0 unspecified atom stereocenters. The number of nitrogens with two attached hydrogens (primary N) is 1. The molecule has 5 nitrogen and oxygen atoms in total. The molecule has 0 aliphatic heterocycles. The molecule has 0 spiro atoms. The van der Waals surface area contributed by atoms with Gasteiger partial charge in [0.2, 0.25) is 0 Å². The number of pyridine rings is 2. The zero-order chi connectivity index (χ0) is 14.7. The first-order valence-corrected chi connectivity index (χ1v) is 6.56. The third kappa shape index (κ3) is 2.81. The van der Waals surface area contributed by atoms with Crippen molar-refractivity contribution in [2.24, 2.45) is 5.73 Å². The van der Waals surface area contributed by atoms with Gasteiger partial charge < -0.3 is 11.1 Å². The molecule has 0 atom stereocenters. The lowest BCUT2D eigenvalue weighted by Gasteiger charge is -2.08. The number of fused-ring (bicyclic) bond motifs is 1. The largest absolute Gasteiger partial charge is 0.366 e. The van der Waals surface area contributed by atoms with E-state index in [1.165, 1.54) is 0 Å². The van der Waals surface area contributed by atoms with Gasteiger partial charge in [0.1, 0.15) is 5.82 Å². The van der Waals surface area contributed by atoms with E-state index in [0.717, 1.165) is 10.9 Å². The van der Waals surface area contributed by atoms with Crippen molar-refractivity contribution < 1.29 is 4.79 Å². The molecule has 21 heavy (non-hydrogen) atoms. The first kappa shape index (κ1) is 13.1. The Kier molecular flexibility index (Phi) is 3.47. The lowest BCUT2D eigenvalue weighted by atomic mass is 10.1. The second-order valence-corrected chi connectivity index (χ2v) is 4.65. The van der Waals surface area contributed by atoms with Crippen molar-refractivity contribution in [2.75, 3.05) is 5.32 Å². The monoisotopic (exact) mass is 278 g/mol. The summed E-state index contributed by atoms with van der Waals surface area (Å²) in [7, 11) is 0. The summed E-state index contributed by atoms with van der Waals surface area (Å²) in [6.45, 7) is 0.616. The van der Waals surface area contributed by atoms with E-state index in [-0.39, 0.29) is 0 Å².